The average Bonchev–Trinajstić information content (AvgIpc) is 2.40. The predicted octanol–water partition coefficient (Wildman–Crippen LogP) is 1.37. The number of carboxylic acids is 1. The largest absolute Gasteiger partial charge is 0.480 e. The van der Waals surface area contributed by atoms with E-state index >= 15 is 0 Å². The minimum atomic E-state index is -0.813. The third-order valence-electron chi connectivity index (χ3n) is 3.39. The Bertz CT molecular complexity index is 301. The maximum absolute atomic E-state index is 11.0. The Morgan fingerprint density at radius 3 is 2.44 bits per heavy atom. The summed E-state index contributed by atoms with van der Waals surface area (Å²) < 4.78 is 11.1. The minimum absolute atomic E-state index is 0.0247. The lowest BCUT2D eigenvalue weighted by Crippen LogP contribution is -2.49. The third-order valence-corrected chi connectivity index (χ3v) is 3.39. The molecule has 0 radical (unpaired) electrons. The molecule has 1 aliphatic rings. The highest BCUT2D eigenvalue weighted by atomic mass is 16.5. The molecule has 0 aromatic rings. The van der Waals surface area contributed by atoms with Gasteiger partial charge < -0.3 is 14.6 Å². The Morgan fingerprint density at radius 1 is 1.44 bits per heavy atom. The zero-order valence-electron chi connectivity index (χ0n) is 12.0. The highest BCUT2D eigenvalue weighted by Crippen LogP contribution is 2.39. The standard InChI is InChI=1S/C13H25NO4/c1-12(2)8-10(13(3,4)18-12)14(6-7-17-5)9-11(15)16/h10H,6-9H2,1-5H3,(H,15,16). The van der Waals surface area contributed by atoms with Gasteiger partial charge in [0.2, 0.25) is 0 Å². The summed E-state index contributed by atoms with van der Waals surface area (Å²) in [5, 5.41) is 9.02. The van der Waals surface area contributed by atoms with Crippen molar-refractivity contribution in [3.63, 3.8) is 0 Å². The van der Waals surface area contributed by atoms with Crippen LogP contribution in [0.4, 0.5) is 0 Å². The van der Waals surface area contributed by atoms with Gasteiger partial charge in [0.1, 0.15) is 0 Å². The SMILES string of the molecule is COCCN(CC(=O)O)C1CC(C)(C)OC1(C)C. The summed E-state index contributed by atoms with van der Waals surface area (Å²) in [5.74, 6) is -0.813. The predicted molar refractivity (Wildman–Crippen MR) is 68.7 cm³/mol. The number of hydrogen-bond donors (Lipinski definition) is 1. The van der Waals surface area contributed by atoms with Crippen LogP contribution in [0, 0.1) is 0 Å². The fourth-order valence-electron chi connectivity index (χ4n) is 2.83. The van der Waals surface area contributed by atoms with Crippen molar-refractivity contribution < 1.29 is 19.4 Å². The number of hydrogen-bond acceptors (Lipinski definition) is 4. The van der Waals surface area contributed by atoms with E-state index in [0.717, 1.165) is 6.42 Å². The Balaban J connectivity index is 2.80. The maximum atomic E-state index is 11.0. The van der Waals surface area contributed by atoms with Gasteiger partial charge in [0.25, 0.3) is 0 Å². The molecule has 1 atom stereocenters. The number of nitrogens with zero attached hydrogens (tertiary/aromatic N) is 1. The first-order chi connectivity index (χ1) is 8.18. The van der Waals surface area contributed by atoms with Crippen molar-refractivity contribution in [3.8, 4) is 0 Å². The molecule has 0 aliphatic carbocycles. The molecule has 1 fully saturated rings. The van der Waals surface area contributed by atoms with Gasteiger partial charge in [0.05, 0.1) is 24.4 Å². The van der Waals surface area contributed by atoms with Gasteiger partial charge in [-0.2, -0.15) is 0 Å². The van der Waals surface area contributed by atoms with Crippen molar-refractivity contribution in [1.82, 2.24) is 4.90 Å². The van der Waals surface area contributed by atoms with Crippen LogP contribution in [0.3, 0.4) is 0 Å². The first-order valence-electron chi connectivity index (χ1n) is 6.33. The van der Waals surface area contributed by atoms with Gasteiger partial charge in [0, 0.05) is 19.7 Å². The van der Waals surface area contributed by atoms with E-state index in [2.05, 4.69) is 0 Å². The summed E-state index contributed by atoms with van der Waals surface area (Å²) in [6.45, 7) is 9.30. The maximum Gasteiger partial charge on any atom is 0.317 e. The Labute approximate surface area is 109 Å². The second-order valence-electron chi connectivity index (χ2n) is 6.04. The molecule has 0 bridgehead atoms. The minimum Gasteiger partial charge on any atom is -0.480 e. The molecule has 1 aliphatic heterocycles. The Morgan fingerprint density at radius 2 is 2.06 bits per heavy atom. The van der Waals surface area contributed by atoms with E-state index in [0.29, 0.717) is 13.2 Å². The second-order valence-corrected chi connectivity index (χ2v) is 6.04. The van der Waals surface area contributed by atoms with Crippen LogP contribution in [0.5, 0.6) is 0 Å². The normalized spacial score (nSPS) is 25.6. The van der Waals surface area contributed by atoms with Crippen molar-refractivity contribution >= 4 is 5.97 Å². The monoisotopic (exact) mass is 259 g/mol. The highest BCUT2D eigenvalue weighted by Gasteiger charge is 2.48. The molecule has 106 valence electrons. The third kappa shape index (κ3) is 3.93. The van der Waals surface area contributed by atoms with E-state index in [-0.39, 0.29) is 23.8 Å². The summed E-state index contributed by atoms with van der Waals surface area (Å²) >= 11 is 0. The van der Waals surface area contributed by atoms with Gasteiger partial charge in [-0.3, -0.25) is 9.69 Å². The van der Waals surface area contributed by atoms with Crippen molar-refractivity contribution in [1.29, 1.82) is 0 Å². The van der Waals surface area contributed by atoms with E-state index in [9.17, 15) is 4.79 Å². The van der Waals surface area contributed by atoms with Gasteiger partial charge in [0.15, 0.2) is 0 Å². The quantitative estimate of drug-likeness (QED) is 0.780. The molecule has 0 aromatic carbocycles. The molecular formula is C13H25NO4. The van der Waals surface area contributed by atoms with E-state index in [4.69, 9.17) is 14.6 Å². The van der Waals surface area contributed by atoms with Crippen LogP contribution in [0.15, 0.2) is 0 Å². The van der Waals surface area contributed by atoms with Crippen molar-refractivity contribution in [2.24, 2.45) is 0 Å². The average molecular weight is 259 g/mol. The number of carboxylic acid groups (broad SMARTS) is 1. The van der Waals surface area contributed by atoms with Gasteiger partial charge in [-0.1, -0.05) is 0 Å². The fraction of sp³-hybridized carbons (Fsp3) is 0.923. The molecule has 0 saturated carbocycles. The lowest BCUT2D eigenvalue weighted by molar-refractivity contribution is -0.140. The summed E-state index contributed by atoms with van der Waals surface area (Å²) in [7, 11) is 1.62. The number of rotatable bonds is 6. The smallest absolute Gasteiger partial charge is 0.317 e. The highest BCUT2D eigenvalue weighted by molar-refractivity contribution is 5.69. The van der Waals surface area contributed by atoms with Gasteiger partial charge >= 0.3 is 5.97 Å². The van der Waals surface area contributed by atoms with Crippen LogP contribution >= 0.6 is 0 Å². The van der Waals surface area contributed by atoms with E-state index < -0.39 is 5.97 Å². The van der Waals surface area contributed by atoms with Crippen LogP contribution in [-0.4, -0.2) is 60.0 Å². The molecule has 0 aromatic heterocycles. The molecule has 0 amide bonds. The molecule has 1 heterocycles. The summed E-state index contributed by atoms with van der Waals surface area (Å²) in [6.07, 6.45) is 0.830. The zero-order chi connectivity index (χ0) is 14.0. The summed E-state index contributed by atoms with van der Waals surface area (Å²) in [6, 6.07) is 0.0961. The zero-order valence-corrected chi connectivity index (χ0v) is 12.0. The van der Waals surface area contributed by atoms with E-state index in [1.165, 1.54) is 0 Å². The van der Waals surface area contributed by atoms with E-state index in [1.807, 2.05) is 32.6 Å². The number of carbonyl (C=O) groups is 1. The van der Waals surface area contributed by atoms with Crippen LogP contribution in [-0.2, 0) is 14.3 Å². The molecule has 1 N–H and O–H groups in total. The van der Waals surface area contributed by atoms with Crippen LogP contribution in [0.2, 0.25) is 0 Å². The molecule has 1 saturated heterocycles. The molecule has 0 spiro atoms. The molecule has 18 heavy (non-hydrogen) atoms. The van der Waals surface area contributed by atoms with Crippen molar-refractivity contribution in [2.75, 3.05) is 26.8 Å². The van der Waals surface area contributed by atoms with Gasteiger partial charge in [-0.05, 0) is 34.1 Å². The molecule has 5 heteroatoms. The first-order valence-corrected chi connectivity index (χ1v) is 6.33. The summed E-state index contributed by atoms with van der Waals surface area (Å²) in [4.78, 5) is 12.9. The molecule has 1 rings (SSSR count). The molecule has 5 nitrogen and oxygen atoms in total. The number of methoxy groups -OCH3 is 1. The van der Waals surface area contributed by atoms with E-state index in [1.54, 1.807) is 7.11 Å². The Hall–Kier alpha value is -0.650. The van der Waals surface area contributed by atoms with Gasteiger partial charge in [-0.25, -0.2) is 0 Å². The number of ether oxygens (including phenoxy) is 2. The lowest BCUT2D eigenvalue weighted by atomic mass is 9.93. The van der Waals surface area contributed by atoms with Crippen molar-refractivity contribution in [3.05, 3.63) is 0 Å². The van der Waals surface area contributed by atoms with Crippen molar-refractivity contribution in [2.45, 2.75) is 51.4 Å². The number of aliphatic carboxylic acids is 1. The Kier molecular flexibility index (Phi) is 4.75. The van der Waals surface area contributed by atoms with Crippen LogP contribution in [0.25, 0.3) is 0 Å². The molecular weight excluding hydrogens is 234 g/mol. The van der Waals surface area contributed by atoms with Crippen LogP contribution < -0.4 is 0 Å². The summed E-state index contributed by atoms with van der Waals surface area (Å²) in [5.41, 5.74) is -0.551. The topological polar surface area (TPSA) is 59.0 Å². The lowest BCUT2D eigenvalue weighted by Gasteiger charge is -2.35. The first kappa shape index (κ1) is 15.4. The van der Waals surface area contributed by atoms with Crippen LogP contribution in [0.1, 0.15) is 34.1 Å². The second kappa shape index (κ2) is 5.55. The van der Waals surface area contributed by atoms with Gasteiger partial charge in [-0.15, -0.1) is 0 Å². The fourth-order valence-corrected chi connectivity index (χ4v) is 2.83. The molecule has 1 unspecified atom stereocenters.